The largest absolute Gasteiger partial charge is 0.356 e. The lowest BCUT2D eigenvalue weighted by atomic mass is 10.1. The van der Waals surface area contributed by atoms with E-state index in [4.69, 9.17) is 0 Å². The van der Waals surface area contributed by atoms with Gasteiger partial charge in [0.15, 0.2) is 0 Å². The predicted octanol–water partition coefficient (Wildman–Crippen LogP) is 6.92. The Hall–Kier alpha value is -0.660. The Labute approximate surface area is 152 Å². The Morgan fingerprint density at radius 2 is 1.04 bits per heavy atom. The number of hydrogen-bond acceptors (Lipinski definition) is 2. The van der Waals surface area contributed by atoms with E-state index < -0.39 is 0 Å². The topological polar surface area (TPSA) is 6.48 Å². The van der Waals surface area contributed by atoms with Crippen LogP contribution in [0.2, 0.25) is 0 Å². The molecule has 0 N–H and O–H groups in total. The standard InChI is InChI=1S/C22H44N2/c1-4-7-9-10-11-12-13-14-15-16-19-24-21-20-23(18-6-3)22(24)17-8-5-2/h20-22H,4-19H2,1-3H3. The molecule has 2 nitrogen and oxygen atoms in total. The minimum atomic E-state index is 0.642. The summed E-state index contributed by atoms with van der Waals surface area (Å²) in [6, 6.07) is 0. The third-order valence-electron chi connectivity index (χ3n) is 5.28. The normalized spacial score (nSPS) is 17.2. The van der Waals surface area contributed by atoms with Crippen molar-refractivity contribution in [1.82, 2.24) is 9.80 Å². The predicted molar refractivity (Wildman–Crippen MR) is 108 cm³/mol. The van der Waals surface area contributed by atoms with E-state index in [9.17, 15) is 0 Å². The summed E-state index contributed by atoms with van der Waals surface area (Å²) in [4.78, 5) is 5.17. The summed E-state index contributed by atoms with van der Waals surface area (Å²) >= 11 is 0. The van der Waals surface area contributed by atoms with Gasteiger partial charge in [0.05, 0.1) is 0 Å². The molecule has 1 aliphatic heterocycles. The molecule has 0 amide bonds. The fourth-order valence-corrected chi connectivity index (χ4v) is 3.77. The van der Waals surface area contributed by atoms with Crippen molar-refractivity contribution < 1.29 is 0 Å². The van der Waals surface area contributed by atoms with Crippen LogP contribution in [-0.4, -0.2) is 29.1 Å². The highest BCUT2D eigenvalue weighted by molar-refractivity contribution is 4.96. The maximum absolute atomic E-state index is 2.61. The number of hydrogen-bond donors (Lipinski definition) is 0. The molecule has 1 rings (SSSR count). The van der Waals surface area contributed by atoms with Crippen LogP contribution in [0.5, 0.6) is 0 Å². The zero-order valence-electron chi connectivity index (χ0n) is 16.9. The van der Waals surface area contributed by atoms with E-state index in [0.29, 0.717) is 6.17 Å². The Bertz CT molecular complexity index is 300. The van der Waals surface area contributed by atoms with E-state index in [2.05, 4.69) is 43.0 Å². The monoisotopic (exact) mass is 336 g/mol. The van der Waals surface area contributed by atoms with Gasteiger partial charge in [-0.05, 0) is 25.7 Å². The fraction of sp³-hybridized carbons (Fsp3) is 0.909. The lowest BCUT2D eigenvalue weighted by Gasteiger charge is -2.33. The van der Waals surface area contributed by atoms with Crippen LogP contribution < -0.4 is 0 Å². The zero-order valence-corrected chi connectivity index (χ0v) is 16.9. The van der Waals surface area contributed by atoms with Crippen LogP contribution in [0, 0.1) is 0 Å². The highest BCUT2D eigenvalue weighted by atomic mass is 15.4. The van der Waals surface area contributed by atoms with E-state index in [1.54, 1.807) is 0 Å². The molecule has 1 heterocycles. The average Bonchev–Trinajstić information content (AvgIpc) is 2.97. The van der Waals surface area contributed by atoms with Crippen molar-refractivity contribution in [3.63, 3.8) is 0 Å². The van der Waals surface area contributed by atoms with Crippen molar-refractivity contribution in [3.05, 3.63) is 12.4 Å². The smallest absolute Gasteiger partial charge is 0.101 e. The van der Waals surface area contributed by atoms with E-state index in [1.807, 2.05) is 0 Å². The number of rotatable bonds is 16. The summed E-state index contributed by atoms with van der Waals surface area (Å²) in [5.41, 5.74) is 0. The van der Waals surface area contributed by atoms with Gasteiger partial charge in [-0.3, -0.25) is 0 Å². The molecule has 2 heteroatoms. The molecular weight excluding hydrogens is 292 g/mol. The molecule has 0 bridgehead atoms. The van der Waals surface area contributed by atoms with Gasteiger partial charge in [0.1, 0.15) is 6.17 Å². The average molecular weight is 337 g/mol. The van der Waals surface area contributed by atoms with Crippen LogP contribution in [0.1, 0.15) is 111 Å². The first-order valence-corrected chi connectivity index (χ1v) is 11.0. The van der Waals surface area contributed by atoms with Gasteiger partial charge in [-0.25, -0.2) is 0 Å². The second-order valence-electron chi connectivity index (χ2n) is 7.58. The second kappa shape index (κ2) is 14.7. The number of unbranched alkanes of at least 4 members (excludes halogenated alkanes) is 10. The van der Waals surface area contributed by atoms with Gasteiger partial charge in [-0.2, -0.15) is 0 Å². The fourth-order valence-electron chi connectivity index (χ4n) is 3.77. The van der Waals surface area contributed by atoms with Gasteiger partial charge in [-0.1, -0.05) is 85.0 Å². The maximum atomic E-state index is 2.61. The van der Waals surface area contributed by atoms with E-state index >= 15 is 0 Å². The third kappa shape index (κ3) is 8.99. The molecule has 0 radical (unpaired) electrons. The maximum Gasteiger partial charge on any atom is 0.101 e. The van der Waals surface area contributed by atoms with Crippen molar-refractivity contribution in [1.29, 1.82) is 0 Å². The van der Waals surface area contributed by atoms with E-state index in [1.165, 1.54) is 103 Å². The molecule has 142 valence electrons. The van der Waals surface area contributed by atoms with Crippen LogP contribution in [0.3, 0.4) is 0 Å². The van der Waals surface area contributed by atoms with Gasteiger partial charge in [-0.15, -0.1) is 0 Å². The molecule has 0 aromatic heterocycles. The van der Waals surface area contributed by atoms with Gasteiger partial charge < -0.3 is 9.80 Å². The van der Waals surface area contributed by atoms with Gasteiger partial charge in [0.2, 0.25) is 0 Å². The Morgan fingerprint density at radius 1 is 0.542 bits per heavy atom. The third-order valence-corrected chi connectivity index (χ3v) is 5.28. The Morgan fingerprint density at radius 3 is 1.58 bits per heavy atom. The molecule has 1 atom stereocenters. The molecule has 24 heavy (non-hydrogen) atoms. The minimum Gasteiger partial charge on any atom is -0.356 e. The lowest BCUT2D eigenvalue weighted by Crippen LogP contribution is -2.39. The van der Waals surface area contributed by atoms with Crippen LogP contribution in [0.4, 0.5) is 0 Å². The molecule has 0 fully saturated rings. The van der Waals surface area contributed by atoms with Crippen LogP contribution in [0.25, 0.3) is 0 Å². The molecule has 0 saturated heterocycles. The van der Waals surface area contributed by atoms with Gasteiger partial charge in [0, 0.05) is 25.5 Å². The summed E-state index contributed by atoms with van der Waals surface area (Å²) in [5.74, 6) is 0. The van der Waals surface area contributed by atoms with Crippen LogP contribution >= 0.6 is 0 Å². The minimum absolute atomic E-state index is 0.642. The lowest BCUT2D eigenvalue weighted by molar-refractivity contribution is 0.138. The van der Waals surface area contributed by atoms with Crippen LogP contribution in [0.15, 0.2) is 12.4 Å². The highest BCUT2D eigenvalue weighted by Gasteiger charge is 2.24. The molecule has 0 aromatic rings. The van der Waals surface area contributed by atoms with E-state index in [-0.39, 0.29) is 0 Å². The first-order valence-electron chi connectivity index (χ1n) is 11.0. The SMILES string of the molecule is CCCCCCCCCCCCN1C=CN(CCC)C1CCCC. The molecule has 0 aliphatic carbocycles. The second-order valence-corrected chi connectivity index (χ2v) is 7.58. The Balaban J connectivity index is 2.07. The highest BCUT2D eigenvalue weighted by Crippen LogP contribution is 2.22. The quantitative estimate of drug-likeness (QED) is 0.282. The van der Waals surface area contributed by atoms with Crippen molar-refractivity contribution in [2.45, 2.75) is 117 Å². The summed E-state index contributed by atoms with van der Waals surface area (Å²) in [7, 11) is 0. The molecule has 1 aliphatic rings. The summed E-state index contributed by atoms with van der Waals surface area (Å²) in [5, 5.41) is 0. The summed E-state index contributed by atoms with van der Waals surface area (Å²) in [6.45, 7) is 9.35. The molecule has 0 aromatic carbocycles. The van der Waals surface area contributed by atoms with Crippen molar-refractivity contribution >= 4 is 0 Å². The number of nitrogens with zero attached hydrogens (tertiary/aromatic N) is 2. The van der Waals surface area contributed by atoms with Crippen molar-refractivity contribution in [2.24, 2.45) is 0 Å². The summed E-state index contributed by atoms with van der Waals surface area (Å²) < 4.78 is 0. The zero-order chi connectivity index (χ0) is 17.5. The molecule has 1 unspecified atom stereocenters. The first kappa shape index (κ1) is 21.4. The molecular formula is C22H44N2. The van der Waals surface area contributed by atoms with Gasteiger partial charge in [0.25, 0.3) is 0 Å². The van der Waals surface area contributed by atoms with E-state index in [0.717, 1.165) is 0 Å². The van der Waals surface area contributed by atoms with Crippen molar-refractivity contribution in [3.8, 4) is 0 Å². The van der Waals surface area contributed by atoms with Crippen molar-refractivity contribution in [2.75, 3.05) is 13.1 Å². The Kier molecular flexibility index (Phi) is 13.1. The van der Waals surface area contributed by atoms with Gasteiger partial charge >= 0.3 is 0 Å². The summed E-state index contributed by atoms with van der Waals surface area (Å²) in [6.07, 6.45) is 24.8. The van der Waals surface area contributed by atoms with Crippen LogP contribution in [-0.2, 0) is 0 Å². The molecule has 0 saturated carbocycles. The first-order chi connectivity index (χ1) is 11.8. The molecule has 0 spiro atoms.